The number of halogens is 1. The van der Waals surface area contributed by atoms with Gasteiger partial charge in [0.2, 0.25) is 0 Å². The first kappa shape index (κ1) is 15.7. The standard InChI is InChI=1S/C16H26BrN3/c1-4-11(5-2)15-19-14(12-9-7-8-10-12)13(17)16(20-15)18-6-3/h11-12H,4-10H2,1-3H3,(H,18,19,20). The van der Waals surface area contributed by atoms with E-state index in [0.717, 1.165) is 35.5 Å². The van der Waals surface area contributed by atoms with Gasteiger partial charge in [0.1, 0.15) is 11.6 Å². The third kappa shape index (κ3) is 3.33. The van der Waals surface area contributed by atoms with Gasteiger partial charge in [-0.2, -0.15) is 0 Å². The van der Waals surface area contributed by atoms with E-state index in [0.29, 0.717) is 11.8 Å². The lowest BCUT2D eigenvalue weighted by molar-refractivity contribution is 0.586. The van der Waals surface area contributed by atoms with Crippen LogP contribution in [-0.4, -0.2) is 16.5 Å². The van der Waals surface area contributed by atoms with Crippen LogP contribution in [0.1, 0.15) is 82.7 Å². The molecule has 0 bridgehead atoms. The first-order chi connectivity index (χ1) is 9.71. The zero-order chi connectivity index (χ0) is 14.5. The Hall–Kier alpha value is -0.640. The van der Waals surface area contributed by atoms with Crippen molar-refractivity contribution in [2.24, 2.45) is 0 Å². The summed E-state index contributed by atoms with van der Waals surface area (Å²) in [5.41, 5.74) is 1.23. The molecule has 112 valence electrons. The summed E-state index contributed by atoms with van der Waals surface area (Å²) in [7, 11) is 0. The largest absolute Gasteiger partial charge is 0.369 e. The smallest absolute Gasteiger partial charge is 0.144 e. The van der Waals surface area contributed by atoms with Crippen molar-refractivity contribution in [2.45, 2.75) is 71.1 Å². The van der Waals surface area contributed by atoms with Gasteiger partial charge in [0.25, 0.3) is 0 Å². The summed E-state index contributed by atoms with van der Waals surface area (Å²) in [6, 6.07) is 0. The van der Waals surface area contributed by atoms with Crippen molar-refractivity contribution in [1.29, 1.82) is 0 Å². The monoisotopic (exact) mass is 339 g/mol. The van der Waals surface area contributed by atoms with Gasteiger partial charge in [-0.15, -0.1) is 0 Å². The number of hydrogen-bond acceptors (Lipinski definition) is 3. The molecular formula is C16H26BrN3. The molecule has 0 spiro atoms. The predicted octanol–water partition coefficient (Wildman–Crippen LogP) is 5.23. The summed E-state index contributed by atoms with van der Waals surface area (Å²) in [6.07, 6.45) is 7.41. The van der Waals surface area contributed by atoms with E-state index in [1.807, 2.05) is 0 Å². The van der Waals surface area contributed by atoms with Crippen LogP contribution >= 0.6 is 15.9 Å². The number of rotatable bonds is 6. The van der Waals surface area contributed by atoms with Crippen molar-refractivity contribution in [3.63, 3.8) is 0 Å². The third-order valence-corrected chi connectivity index (χ3v) is 5.11. The Morgan fingerprint density at radius 3 is 2.35 bits per heavy atom. The van der Waals surface area contributed by atoms with Crippen LogP contribution < -0.4 is 5.32 Å². The second kappa shape index (κ2) is 7.39. The van der Waals surface area contributed by atoms with Crippen LogP contribution in [0.3, 0.4) is 0 Å². The lowest BCUT2D eigenvalue weighted by Gasteiger charge is -2.19. The van der Waals surface area contributed by atoms with Crippen LogP contribution in [0, 0.1) is 0 Å². The Morgan fingerprint density at radius 1 is 1.15 bits per heavy atom. The van der Waals surface area contributed by atoms with Gasteiger partial charge in [-0.3, -0.25) is 0 Å². The van der Waals surface area contributed by atoms with Gasteiger partial charge in [0, 0.05) is 18.4 Å². The second-order valence-corrected chi connectivity index (χ2v) is 6.45. The predicted molar refractivity (Wildman–Crippen MR) is 88.4 cm³/mol. The van der Waals surface area contributed by atoms with Crippen LogP contribution in [0.5, 0.6) is 0 Å². The fourth-order valence-electron chi connectivity index (χ4n) is 3.07. The fraction of sp³-hybridized carbons (Fsp3) is 0.750. The molecule has 1 heterocycles. The normalized spacial score (nSPS) is 16.1. The molecule has 0 atom stereocenters. The van der Waals surface area contributed by atoms with E-state index in [1.54, 1.807) is 0 Å². The molecule has 0 unspecified atom stereocenters. The molecule has 1 aromatic rings. The number of nitrogens with zero attached hydrogens (tertiary/aromatic N) is 2. The molecule has 0 saturated heterocycles. The van der Waals surface area contributed by atoms with E-state index in [4.69, 9.17) is 9.97 Å². The Morgan fingerprint density at radius 2 is 1.80 bits per heavy atom. The van der Waals surface area contributed by atoms with Crippen LogP contribution in [0.25, 0.3) is 0 Å². The maximum absolute atomic E-state index is 4.94. The van der Waals surface area contributed by atoms with Crippen LogP contribution in [0.2, 0.25) is 0 Å². The van der Waals surface area contributed by atoms with Gasteiger partial charge < -0.3 is 5.32 Å². The second-order valence-electron chi connectivity index (χ2n) is 5.65. The van der Waals surface area contributed by atoms with Crippen molar-refractivity contribution in [3.8, 4) is 0 Å². The van der Waals surface area contributed by atoms with Gasteiger partial charge in [0.05, 0.1) is 10.2 Å². The molecule has 1 aromatic heterocycles. The van der Waals surface area contributed by atoms with Crippen molar-refractivity contribution >= 4 is 21.7 Å². The Labute approximate surface area is 131 Å². The van der Waals surface area contributed by atoms with E-state index in [2.05, 4.69) is 42.0 Å². The molecule has 20 heavy (non-hydrogen) atoms. The van der Waals surface area contributed by atoms with Crippen LogP contribution in [0.15, 0.2) is 4.47 Å². The molecule has 1 N–H and O–H groups in total. The molecule has 4 heteroatoms. The first-order valence-corrected chi connectivity index (χ1v) is 8.81. The number of aromatic nitrogens is 2. The van der Waals surface area contributed by atoms with Crippen LogP contribution in [-0.2, 0) is 0 Å². The fourth-order valence-corrected chi connectivity index (χ4v) is 3.71. The summed E-state index contributed by atoms with van der Waals surface area (Å²) >= 11 is 3.73. The minimum Gasteiger partial charge on any atom is -0.369 e. The van der Waals surface area contributed by atoms with E-state index in [1.165, 1.54) is 31.4 Å². The maximum Gasteiger partial charge on any atom is 0.144 e. The summed E-state index contributed by atoms with van der Waals surface area (Å²) in [4.78, 5) is 9.71. The van der Waals surface area contributed by atoms with Gasteiger partial charge in [-0.1, -0.05) is 26.7 Å². The molecule has 1 saturated carbocycles. The minimum absolute atomic E-state index is 0.473. The first-order valence-electron chi connectivity index (χ1n) is 8.02. The van der Waals surface area contributed by atoms with Crippen molar-refractivity contribution in [3.05, 3.63) is 16.0 Å². The molecule has 1 fully saturated rings. The van der Waals surface area contributed by atoms with Crippen molar-refractivity contribution in [1.82, 2.24) is 9.97 Å². The number of anilines is 1. The topological polar surface area (TPSA) is 37.8 Å². The molecule has 1 aliphatic carbocycles. The highest BCUT2D eigenvalue weighted by atomic mass is 79.9. The molecule has 0 amide bonds. The average Bonchev–Trinajstić information content (AvgIpc) is 2.97. The Bertz CT molecular complexity index is 438. The number of hydrogen-bond donors (Lipinski definition) is 1. The van der Waals surface area contributed by atoms with E-state index >= 15 is 0 Å². The molecule has 1 aliphatic rings. The summed E-state index contributed by atoms with van der Waals surface area (Å²) in [5, 5.41) is 3.39. The SMILES string of the molecule is CCNc1nc(C(CC)CC)nc(C2CCCC2)c1Br. The van der Waals surface area contributed by atoms with Gasteiger partial charge in [-0.25, -0.2) is 9.97 Å². The molecule has 0 aliphatic heterocycles. The summed E-state index contributed by atoms with van der Waals surface area (Å²) in [5.74, 6) is 3.08. The van der Waals surface area contributed by atoms with Gasteiger partial charge in [0.15, 0.2) is 0 Å². The molecule has 3 nitrogen and oxygen atoms in total. The van der Waals surface area contributed by atoms with Gasteiger partial charge in [-0.05, 0) is 48.5 Å². The van der Waals surface area contributed by atoms with E-state index in [-0.39, 0.29) is 0 Å². The van der Waals surface area contributed by atoms with Crippen molar-refractivity contribution in [2.75, 3.05) is 11.9 Å². The minimum atomic E-state index is 0.473. The highest BCUT2D eigenvalue weighted by molar-refractivity contribution is 9.10. The van der Waals surface area contributed by atoms with E-state index in [9.17, 15) is 0 Å². The lowest BCUT2D eigenvalue weighted by atomic mass is 10.00. The summed E-state index contributed by atoms with van der Waals surface area (Å²) < 4.78 is 1.08. The number of nitrogens with one attached hydrogen (secondary N) is 1. The highest BCUT2D eigenvalue weighted by Gasteiger charge is 2.25. The van der Waals surface area contributed by atoms with Crippen LogP contribution in [0.4, 0.5) is 5.82 Å². The zero-order valence-corrected chi connectivity index (χ0v) is 14.5. The molecular weight excluding hydrogens is 314 g/mol. The van der Waals surface area contributed by atoms with E-state index < -0.39 is 0 Å². The maximum atomic E-state index is 4.94. The summed E-state index contributed by atoms with van der Waals surface area (Å²) in [6.45, 7) is 7.45. The molecule has 0 aromatic carbocycles. The third-order valence-electron chi connectivity index (χ3n) is 4.33. The lowest BCUT2D eigenvalue weighted by Crippen LogP contribution is -2.12. The Balaban J connectivity index is 2.42. The average molecular weight is 340 g/mol. The zero-order valence-electron chi connectivity index (χ0n) is 12.9. The Kier molecular flexibility index (Phi) is 5.82. The van der Waals surface area contributed by atoms with Crippen molar-refractivity contribution < 1.29 is 0 Å². The quantitative estimate of drug-likeness (QED) is 0.770. The highest BCUT2D eigenvalue weighted by Crippen LogP contribution is 2.39. The molecule has 2 rings (SSSR count). The molecule has 0 radical (unpaired) electrons. The van der Waals surface area contributed by atoms with Gasteiger partial charge >= 0.3 is 0 Å².